The van der Waals surface area contributed by atoms with E-state index >= 15 is 0 Å². The molecule has 3 aliphatic heterocycles. The first kappa shape index (κ1) is 18.2. The van der Waals surface area contributed by atoms with Gasteiger partial charge in [0.1, 0.15) is 0 Å². The van der Waals surface area contributed by atoms with Gasteiger partial charge in [0, 0.05) is 60.7 Å². The molecule has 4 nitrogen and oxygen atoms in total. The Kier molecular flexibility index (Phi) is 4.89. The Hall–Kier alpha value is -1.85. The molecule has 0 aliphatic carbocycles. The lowest BCUT2D eigenvalue weighted by molar-refractivity contribution is 0.0904. The number of fused-ring (bicyclic) bond motifs is 5. The van der Waals surface area contributed by atoms with Crippen molar-refractivity contribution in [3.63, 3.8) is 0 Å². The average Bonchev–Trinajstić information content (AvgIpc) is 2.72. The van der Waals surface area contributed by atoms with E-state index in [1.165, 1.54) is 28.3 Å². The summed E-state index contributed by atoms with van der Waals surface area (Å²) < 4.78 is 1.96. The fourth-order valence-electron chi connectivity index (χ4n) is 5.12. The van der Waals surface area contributed by atoms with Gasteiger partial charge in [0.15, 0.2) is 5.78 Å². The van der Waals surface area contributed by atoms with Gasteiger partial charge in [-0.1, -0.05) is 12.1 Å². The summed E-state index contributed by atoms with van der Waals surface area (Å²) in [7, 11) is 0. The van der Waals surface area contributed by atoms with Crippen molar-refractivity contribution in [1.29, 1.82) is 0 Å². The second-order valence-corrected chi connectivity index (χ2v) is 9.54. The molecule has 5 rings (SSSR count). The summed E-state index contributed by atoms with van der Waals surface area (Å²) in [6.07, 6.45) is 4.04. The number of hydrogen-bond acceptors (Lipinski definition) is 4. The van der Waals surface area contributed by atoms with E-state index in [1.807, 2.05) is 28.5 Å². The Morgan fingerprint density at radius 3 is 3.00 bits per heavy atom. The van der Waals surface area contributed by atoms with Gasteiger partial charge in [0.2, 0.25) is 0 Å². The number of rotatable bonds is 4. The first-order chi connectivity index (χ1) is 13.7. The molecule has 0 radical (unpaired) electrons. The molecule has 0 spiro atoms. The third-order valence-corrected chi connectivity index (χ3v) is 7.64. The number of pyridine rings is 1. The summed E-state index contributed by atoms with van der Waals surface area (Å²) >= 11 is 1.91. The third-order valence-electron chi connectivity index (χ3n) is 6.44. The first-order valence-electron chi connectivity index (χ1n) is 10.4. The molecule has 1 saturated heterocycles. The molecule has 0 unspecified atom stereocenters. The molecule has 1 fully saturated rings. The molecule has 0 amide bonds. The van der Waals surface area contributed by atoms with Crippen molar-refractivity contribution in [1.82, 2.24) is 9.47 Å². The van der Waals surface area contributed by atoms with Crippen LogP contribution in [0.4, 0.5) is 0 Å². The maximum atomic E-state index is 12.8. The van der Waals surface area contributed by atoms with E-state index in [1.54, 1.807) is 6.07 Å². The number of hydrogen-bond donors (Lipinski definition) is 0. The van der Waals surface area contributed by atoms with Crippen molar-refractivity contribution in [2.45, 2.75) is 43.0 Å². The van der Waals surface area contributed by atoms with Crippen molar-refractivity contribution >= 4 is 17.5 Å². The van der Waals surface area contributed by atoms with E-state index in [-0.39, 0.29) is 11.3 Å². The predicted octanol–water partition coefficient (Wildman–Crippen LogP) is 3.58. The van der Waals surface area contributed by atoms with Crippen molar-refractivity contribution in [3.05, 3.63) is 63.6 Å². The van der Waals surface area contributed by atoms with Crippen LogP contribution in [0.5, 0.6) is 0 Å². The Morgan fingerprint density at radius 2 is 2.07 bits per heavy atom. The third kappa shape index (κ3) is 3.46. The van der Waals surface area contributed by atoms with Crippen LogP contribution in [-0.2, 0) is 13.0 Å². The first-order valence-corrected chi connectivity index (χ1v) is 11.4. The van der Waals surface area contributed by atoms with Crippen LogP contribution in [-0.4, -0.2) is 40.6 Å². The Balaban J connectivity index is 1.24. The average molecular weight is 395 g/mol. The summed E-state index contributed by atoms with van der Waals surface area (Å²) in [4.78, 5) is 28.7. The molecule has 1 aromatic heterocycles. The van der Waals surface area contributed by atoms with Gasteiger partial charge < -0.3 is 9.47 Å². The van der Waals surface area contributed by atoms with Crippen LogP contribution in [0.1, 0.15) is 46.8 Å². The lowest BCUT2D eigenvalue weighted by Crippen LogP contribution is -2.47. The number of aromatic nitrogens is 1. The molecule has 0 N–H and O–H groups in total. The standard InChI is InChI=1S/C23H26N2O2S/c26-21(17-6-7-22-18(12-17)3-2-10-28-22)8-9-24-13-16-11-19(15-24)20-4-1-5-23(27)25(20)14-16/h1,4-7,12,16,19H,2-3,8-11,13-15H2/t16-,19+/m0/s1. The number of Topliss-reactive ketones (excluding diaryl/α,β-unsaturated/α-hetero) is 1. The summed E-state index contributed by atoms with van der Waals surface area (Å²) in [5, 5.41) is 0. The molecular weight excluding hydrogens is 368 g/mol. The van der Waals surface area contributed by atoms with E-state index in [4.69, 9.17) is 0 Å². The van der Waals surface area contributed by atoms with E-state index < -0.39 is 0 Å². The van der Waals surface area contributed by atoms with Crippen LogP contribution in [0, 0.1) is 5.92 Å². The van der Waals surface area contributed by atoms with Gasteiger partial charge in [0.25, 0.3) is 5.56 Å². The Morgan fingerprint density at radius 1 is 1.14 bits per heavy atom. The number of likely N-dealkylation sites (tertiary alicyclic amines) is 1. The van der Waals surface area contributed by atoms with Gasteiger partial charge in [0.05, 0.1) is 0 Å². The normalized spacial score (nSPS) is 23.7. The number of carbonyl (C=O) groups is 1. The lowest BCUT2D eigenvalue weighted by Gasteiger charge is -2.42. The number of benzene rings is 1. The number of carbonyl (C=O) groups excluding carboxylic acids is 1. The minimum Gasteiger partial charge on any atom is -0.312 e. The second-order valence-electron chi connectivity index (χ2n) is 8.41. The summed E-state index contributed by atoms with van der Waals surface area (Å²) in [6, 6.07) is 11.9. The van der Waals surface area contributed by atoms with Gasteiger partial charge in [-0.15, -0.1) is 11.8 Å². The number of piperidine rings is 1. The van der Waals surface area contributed by atoms with E-state index in [9.17, 15) is 9.59 Å². The highest BCUT2D eigenvalue weighted by molar-refractivity contribution is 7.99. The number of thioether (sulfide) groups is 1. The molecular formula is C23H26N2O2S. The van der Waals surface area contributed by atoms with Gasteiger partial charge in [-0.05, 0) is 54.7 Å². The van der Waals surface area contributed by atoms with Crippen molar-refractivity contribution in [3.8, 4) is 0 Å². The van der Waals surface area contributed by atoms with Gasteiger partial charge in [-0.25, -0.2) is 0 Å². The van der Waals surface area contributed by atoms with Crippen LogP contribution < -0.4 is 5.56 Å². The molecule has 2 aromatic rings. The summed E-state index contributed by atoms with van der Waals surface area (Å²) in [5.74, 6) is 2.37. The molecule has 0 saturated carbocycles. The Labute approximate surface area is 169 Å². The van der Waals surface area contributed by atoms with Crippen LogP contribution in [0.3, 0.4) is 0 Å². The van der Waals surface area contributed by atoms with Crippen molar-refractivity contribution < 1.29 is 4.79 Å². The zero-order valence-electron chi connectivity index (χ0n) is 16.1. The van der Waals surface area contributed by atoms with E-state index in [2.05, 4.69) is 23.1 Å². The quantitative estimate of drug-likeness (QED) is 0.744. The maximum absolute atomic E-state index is 12.8. The molecule has 2 atom stereocenters. The van der Waals surface area contributed by atoms with Crippen LogP contribution >= 0.6 is 11.8 Å². The molecule has 3 aliphatic rings. The molecule has 146 valence electrons. The van der Waals surface area contributed by atoms with Gasteiger partial charge in [-0.2, -0.15) is 0 Å². The Bertz CT molecular complexity index is 967. The molecule has 5 heteroatoms. The van der Waals surface area contributed by atoms with Crippen molar-refractivity contribution in [2.75, 3.05) is 25.4 Å². The fourth-order valence-corrected chi connectivity index (χ4v) is 6.14. The van der Waals surface area contributed by atoms with Crippen molar-refractivity contribution in [2.24, 2.45) is 5.92 Å². The molecule has 1 aromatic carbocycles. The van der Waals surface area contributed by atoms with Crippen LogP contribution in [0.2, 0.25) is 0 Å². The molecule has 2 bridgehead atoms. The topological polar surface area (TPSA) is 42.3 Å². The summed E-state index contributed by atoms with van der Waals surface area (Å²) in [5.41, 5.74) is 3.51. The highest BCUT2D eigenvalue weighted by atomic mass is 32.2. The largest absolute Gasteiger partial charge is 0.312 e. The van der Waals surface area contributed by atoms with E-state index in [0.717, 1.165) is 44.6 Å². The molecule has 4 heterocycles. The van der Waals surface area contributed by atoms with Gasteiger partial charge >= 0.3 is 0 Å². The highest BCUT2D eigenvalue weighted by Gasteiger charge is 2.34. The minimum atomic E-state index is 0.126. The monoisotopic (exact) mass is 394 g/mol. The van der Waals surface area contributed by atoms with E-state index in [0.29, 0.717) is 18.3 Å². The fraction of sp³-hybridized carbons (Fsp3) is 0.478. The van der Waals surface area contributed by atoms with Crippen LogP contribution in [0.15, 0.2) is 46.1 Å². The summed E-state index contributed by atoms with van der Waals surface area (Å²) in [6.45, 7) is 3.58. The van der Waals surface area contributed by atoms with Crippen LogP contribution in [0.25, 0.3) is 0 Å². The maximum Gasteiger partial charge on any atom is 0.250 e. The zero-order chi connectivity index (χ0) is 19.1. The SMILES string of the molecule is O=C(CCN1C[C@@H]2C[C@H](C1)c1cccc(=O)n1C2)c1ccc2c(c1)CCCS2. The zero-order valence-corrected chi connectivity index (χ0v) is 16.9. The second kappa shape index (κ2) is 7.53. The minimum absolute atomic E-state index is 0.126. The highest BCUT2D eigenvalue weighted by Crippen LogP contribution is 2.35. The predicted molar refractivity (Wildman–Crippen MR) is 112 cm³/mol. The lowest BCUT2D eigenvalue weighted by atomic mass is 9.83. The molecule has 28 heavy (non-hydrogen) atoms. The number of nitrogens with zero attached hydrogens (tertiary/aromatic N) is 2. The number of aryl methyl sites for hydroxylation is 1. The van der Waals surface area contributed by atoms with Gasteiger partial charge in [-0.3, -0.25) is 9.59 Å². The smallest absolute Gasteiger partial charge is 0.250 e. The number of ketones is 1.